The molecule has 0 radical (unpaired) electrons. The lowest BCUT2D eigenvalue weighted by Crippen LogP contribution is -2.15. The minimum atomic E-state index is 0.258. The Balaban J connectivity index is 1.67. The lowest BCUT2D eigenvalue weighted by Gasteiger charge is -2.20. The van der Waals surface area contributed by atoms with E-state index in [1.54, 1.807) is 18.7 Å². The highest BCUT2D eigenvalue weighted by Gasteiger charge is 2.23. The Hall–Kier alpha value is -3.25. The molecule has 2 N–H and O–H groups in total. The van der Waals surface area contributed by atoms with E-state index >= 15 is 0 Å². The molecule has 0 atom stereocenters. The van der Waals surface area contributed by atoms with Crippen LogP contribution < -0.4 is 10.6 Å². The lowest BCUT2D eigenvalue weighted by molar-refractivity contribution is 0.975. The number of anilines is 3. The summed E-state index contributed by atoms with van der Waals surface area (Å²) in [5.41, 5.74) is 10.7. The summed E-state index contributed by atoms with van der Waals surface area (Å²) in [6.07, 6.45) is 6.01. The van der Waals surface area contributed by atoms with Crippen LogP contribution in [0.15, 0.2) is 55.1 Å². The molecular formula is C20H15ClN6. The van der Waals surface area contributed by atoms with Crippen molar-refractivity contribution in [3.8, 4) is 11.1 Å². The molecule has 1 aliphatic heterocycles. The molecule has 2 aromatic carbocycles. The van der Waals surface area contributed by atoms with Crippen molar-refractivity contribution in [3.05, 3.63) is 65.7 Å². The van der Waals surface area contributed by atoms with Gasteiger partial charge in [0.2, 0.25) is 5.95 Å². The number of hydrogen-bond acceptors (Lipinski definition) is 6. The lowest BCUT2D eigenvalue weighted by atomic mass is 10.1. The van der Waals surface area contributed by atoms with Crippen LogP contribution in [-0.2, 0) is 6.42 Å². The van der Waals surface area contributed by atoms with Gasteiger partial charge in [-0.25, -0.2) is 19.9 Å². The summed E-state index contributed by atoms with van der Waals surface area (Å²) >= 11 is 6.23. The standard InChI is InChI=1S/C20H15ClN6/c21-15-3-1-12-5-6-27(18(12)8-15)19-16-7-13(2-4-17(16)25-11-26-19)14-9-23-20(22)24-10-14/h1-4,7-11H,5-6H2,(H2,22,23,24). The van der Waals surface area contributed by atoms with Crippen LogP contribution in [0.1, 0.15) is 5.56 Å². The van der Waals surface area contributed by atoms with Crippen molar-refractivity contribution in [2.24, 2.45) is 0 Å². The van der Waals surface area contributed by atoms with Crippen molar-refractivity contribution < 1.29 is 0 Å². The van der Waals surface area contributed by atoms with Crippen molar-refractivity contribution in [2.45, 2.75) is 6.42 Å². The second-order valence-electron chi connectivity index (χ2n) is 6.43. The van der Waals surface area contributed by atoms with Gasteiger partial charge in [0.05, 0.1) is 5.52 Å². The highest BCUT2D eigenvalue weighted by molar-refractivity contribution is 6.31. The number of hydrogen-bond donors (Lipinski definition) is 1. The van der Waals surface area contributed by atoms with E-state index in [2.05, 4.69) is 37.0 Å². The fourth-order valence-electron chi connectivity index (χ4n) is 3.50. The van der Waals surface area contributed by atoms with Crippen molar-refractivity contribution in [3.63, 3.8) is 0 Å². The number of halogens is 1. The number of benzene rings is 2. The van der Waals surface area contributed by atoms with Crippen LogP contribution in [0.2, 0.25) is 5.02 Å². The third-order valence-electron chi connectivity index (χ3n) is 4.82. The molecule has 3 heterocycles. The van der Waals surface area contributed by atoms with Gasteiger partial charge >= 0.3 is 0 Å². The number of rotatable bonds is 2. The smallest absolute Gasteiger partial charge is 0.219 e. The monoisotopic (exact) mass is 374 g/mol. The quantitative estimate of drug-likeness (QED) is 0.570. The summed E-state index contributed by atoms with van der Waals surface area (Å²) in [5.74, 6) is 1.13. The second-order valence-corrected chi connectivity index (χ2v) is 6.87. The molecule has 6 nitrogen and oxygen atoms in total. The molecule has 2 aromatic heterocycles. The normalized spacial score (nSPS) is 13.1. The van der Waals surface area contributed by atoms with Gasteiger partial charge in [-0.2, -0.15) is 0 Å². The third kappa shape index (κ3) is 2.74. The molecule has 0 bridgehead atoms. The molecule has 0 spiro atoms. The largest absolute Gasteiger partial charge is 0.368 e. The summed E-state index contributed by atoms with van der Waals surface area (Å²) in [5, 5.41) is 1.69. The van der Waals surface area contributed by atoms with Crippen molar-refractivity contribution in [1.82, 2.24) is 19.9 Å². The minimum absolute atomic E-state index is 0.258. The highest BCUT2D eigenvalue weighted by atomic mass is 35.5. The molecule has 27 heavy (non-hydrogen) atoms. The molecule has 0 saturated heterocycles. The van der Waals surface area contributed by atoms with Gasteiger partial charge in [-0.1, -0.05) is 23.7 Å². The number of nitrogens with two attached hydrogens (primary N) is 1. The van der Waals surface area contributed by atoms with Gasteiger partial charge in [-0.3, -0.25) is 0 Å². The molecule has 0 amide bonds. The van der Waals surface area contributed by atoms with E-state index in [1.165, 1.54) is 5.56 Å². The van der Waals surface area contributed by atoms with Gasteiger partial charge in [0.25, 0.3) is 0 Å². The predicted octanol–water partition coefficient (Wildman–Crippen LogP) is 4.02. The number of fused-ring (bicyclic) bond motifs is 2. The van der Waals surface area contributed by atoms with Crippen LogP contribution in [0.25, 0.3) is 22.0 Å². The topological polar surface area (TPSA) is 80.8 Å². The van der Waals surface area contributed by atoms with Crippen LogP contribution in [0.4, 0.5) is 17.5 Å². The maximum atomic E-state index is 6.23. The number of aromatic nitrogens is 4. The van der Waals surface area contributed by atoms with Crippen LogP contribution in [0, 0.1) is 0 Å². The highest BCUT2D eigenvalue weighted by Crippen LogP contribution is 2.38. The van der Waals surface area contributed by atoms with Crippen LogP contribution in [0.5, 0.6) is 0 Å². The molecule has 1 aliphatic rings. The molecular weight excluding hydrogens is 360 g/mol. The molecule has 132 valence electrons. The fraction of sp³-hybridized carbons (Fsp3) is 0.100. The zero-order chi connectivity index (χ0) is 18.4. The first kappa shape index (κ1) is 16.0. The zero-order valence-corrected chi connectivity index (χ0v) is 15.1. The molecule has 0 saturated carbocycles. The maximum Gasteiger partial charge on any atom is 0.219 e. The first-order chi connectivity index (χ1) is 13.2. The van der Waals surface area contributed by atoms with Crippen molar-refractivity contribution in [2.75, 3.05) is 17.2 Å². The Morgan fingerprint density at radius 2 is 1.78 bits per heavy atom. The van der Waals surface area contributed by atoms with E-state index in [0.717, 1.165) is 51.5 Å². The summed E-state index contributed by atoms with van der Waals surface area (Å²) in [6.45, 7) is 0.858. The van der Waals surface area contributed by atoms with Crippen LogP contribution in [0.3, 0.4) is 0 Å². The van der Waals surface area contributed by atoms with Crippen LogP contribution in [-0.4, -0.2) is 26.5 Å². The summed E-state index contributed by atoms with van der Waals surface area (Å²) in [7, 11) is 0. The van der Waals surface area contributed by atoms with E-state index in [1.807, 2.05) is 24.3 Å². The van der Waals surface area contributed by atoms with E-state index in [9.17, 15) is 0 Å². The Labute approximate surface area is 160 Å². The molecule has 0 unspecified atom stereocenters. The first-order valence-electron chi connectivity index (χ1n) is 8.58. The van der Waals surface area contributed by atoms with E-state index < -0.39 is 0 Å². The fourth-order valence-corrected chi connectivity index (χ4v) is 3.66. The molecule has 0 fully saturated rings. The summed E-state index contributed by atoms with van der Waals surface area (Å²) in [4.78, 5) is 19.4. The SMILES string of the molecule is Nc1ncc(-c2ccc3ncnc(N4CCc5ccc(Cl)cc54)c3c2)cn1. The molecule has 7 heteroatoms. The summed E-state index contributed by atoms with van der Waals surface area (Å²) in [6, 6.07) is 12.1. The second kappa shape index (κ2) is 6.17. The number of nitrogens with zero attached hydrogens (tertiary/aromatic N) is 5. The Morgan fingerprint density at radius 3 is 2.63 bits per heavy atom. The molecule has 5 rings (SSSR count). The number of nitrogen functional groups attached to an aromatic ring is 1. The Bertz CT molecular complexity index is 1160. The van der Waals surface area contributed by atoms with Gasteiger partial charge in [0.15, 0.2) is 0 Å². The van der Waals surface area contributed by atoms with E-state index in [0.29, 0.717) is 0 Å². The van der Waals surface area contributed by atoms with Gasteiger partial charge in [-0.05, 0) is 41.8 Å². The van der Waals surface area contributed by atoms with Gasteiger partial charge in [0.1, 0.15) is 12.1 Å². The average Bonchev–Trinajstić information content (AvgIpc) is 3.10. The average molecular weight is 375 g/mol. The Morgan fingerprint density at radius 1 is 0.926 bits per heavy atom. The first-order valence-corrected chi connectivity index (χ1v) is 8.95. The maximum absolute atomic E-state index is 6.23. The van der Waals surface area contributed by atoms with E-state index in [4.69, 9.17) is 17.3 Å². The van der Waals surface area contributed by atoms with Gasteiger partial charge in [-0.15, -0.1) is 0 Å². The van der Waals surface area contributed by atoms with Crippen molar-refractivity contribution in [1.29, 1.82) is 0 Å². The van der Waals surface area contributed by atoms with E-state index in [-0.39, 0.29) is 5.95 Å². The third-order valence-corrected chi connectivity index (χ3v) is 5.05. The predicted molar refractivity (Wildman–Crippen MR) is 107 cm³/mol. The van der Waals surface area contributed by atoms with Gasteiger partial charge < -0.3 is 10.6 Å². The molecule has 4 aromatic rings. The van der Waals surface area contributed by atoms with Crippen LogP contribution >= 0.6 is 11.6 Å². The zero-order valence-electron chi connectivity index (χ0n) is 14.3. The molecule has 0 aliphatic carbocycles. The summed E-state index contributed by atoms with van der Waals surface area (Å²) < 4.78 is 0. The minimum Gasteiger partial charge on any atom is -0.368 e. The van der Waals surface area contributed by atoms with Crippen molar-refractivity contribution >= 4 is 40.0 Å². The Kier molecular flexibility index (Phi) is 3.65. The van der Waals surface area contributed by atoms with Gasteiger partial charge in [0, 0.05) is 40.6 Å².